The van der Waals surface area contributed by atoms with Gasteiger partial charge in [-0.3, -0.25) is 0 Å². The average molecular weight is 293 g/mol. The zero-order chi connectivity index (χ0) is 15.1. The third-order valence-electron chi connectivity index (χ3n) is 3.27. The van der Waals surface area contributed by atoms with Crippen LogP contribution in [0.1, 0.15) is 0 Å². The molecular weight excluding hydrogens is 282 g/mol. The number of nitrogens with zero attached hydrogens (tertiary/aromatic N) is 8. The molecule has 0 bridgehead atoms. The molecule has 4 rings (SSSR count). The normalized spacial score (nSPS) is 11.1. The molecule has 0 unspecified atom stereocenters. The molecule has 0 aromatic carbocycles. The zero-order valence-corrected chi connectivity index (χ0v) is 11.6. The summed E-state index contributed by atoms with van der Waals surface area (Å²) in [4.78, 5) is 12.4. The first-order valence-corrected chi connectivity index (χ1v) is 6.51. The molecule has 108 valence electrons. The fourth-order valence-electron chi connectivity index (χ4n) is 2.26. The lowest BCUT2D eigenvalue weighted by molar-refractivity contribution is 0.778. The van der Waals surface area contributed by atoms with Crippen LogP contribution in [0.15, 0.2) is 36.9 Å². The SMILES string of the molecule is Cn1nc(-c2cn(-c3ccccn3)nn2)c2c(N)ncnc21. The van der Waals surface area contributed by atoms with E-state index >= 15 is 0 Å². The van der Waals surface area contributed by atoms with Gasteiger partial charge in [-0.25, -0.2) is 24.3 Å². The van der Waals surface area contributed by atoms with E-state index in [4.69, 9.17) is 5.73 Å². The molecule has 0 aliphatic rings. The molecule has 0 saturated carbocycles. The Morgan fingerprint density at radius 1 is 1.14 bits per heavy atom. The van der Waals surface area contributed by atoms with Gasteiger partial charge in [-0.1, -0.05) is 11.3 Å². The van der Waals surface area contributed by atoms with Gasteiger partial charge in [0.2, 0.25) is 0 Å². The van der Waals surface area contributed by atoms with E-state index in [2.05, 4.69) is 30.4 Å². The molecular formula is C13H11N9. The van der Waals surface area contributed by atoms with Crippen molar-refractivity contribution in [3.05, 3.63) is 36.9 Å². The minimum absolute atomic E-state index is 0.362. The van der Waals surface area contributed by atoms with Crippen LogP contribution in [0.5, 0.6) is 0 Å². The van der Waals surface area contributed by atoms with E-state index in [1.54, 1.807) is 28.8 Å². The molecule has 4 aromatic rings. The Morgan fingerprint density at radius 2 is 2.05 bits per heavy atom. The van der Waals surface area contributed by atoms with Gasteiger partial charge in [0.1, 0.15) is 23.5 Å². The van der Waals surface area contributed by atoms with E-state index in [-0.39, 0.29) is 0 Å². The lowest BCUT2D eigenvalue weighted by Gasteiger charge is -1.96. The van der Waals surface area contributed by atoms with Crippen molar-refractivity contribution >= 4 is 16.9 Å². The van der Waals surface area contributed by atoms with Crippen LogP contribution in [-0.2, 0) is 7.05 Å². The predicted molar refractivity (Wildman–Crippen MR) is 78.9 cm³/mol. The first kappa shape index (κ1) is 12.4. The van der Waals surface area contributed by atoms with Crippen LogP contribution < -0.4 is 5.73 Å². The zero-order valence-electron chi connectivity index (χ0n) is 11.6. The van der Waals surface area contributed by atoms with Gasteiger partial charge in [0.25, 0.3) is 0 Å². The van der Waals surface area contributed by atoms with E-state index in [1.807, 2.05) is 18.2 Å². The molecule has 0 fully saturated rings. The Labute approximate surface area is 124 Å². The molecule has 22 heavy (non-hydrogen) atoms. The highest BCUT2D eigenvalue weighted by atomic mass is 15.4. The highest BCUT2D eigenvalue weighted by molar-refractivity contribution is 5.97. The van der Waals surface area contributed by atoms with Crippen LogP contribution in [0.2, 0.25) is 0 Å². The number of anilines is 1. The van der Waals surface area contributed by atoms with E-state index in [1.165, 1.54) is 6.33 Å². The maximum absolute atomic E-state index is 5.95. The molecule has 4 aromatic heterocycles. The second-order valence-electron chi connectivity index (χ2n) is 4.67. The number of pyridine rings is 1. The van der Waals surface area contributed by atoms with Crippen LogP contribution in [0, 0.1) is 0 Å². The van der Waals surface area contributed by atoms with Gasteiger partial charge < -0.3 is 5.73 Å². The Balaban J connectivity index is 1.89. The van der Waals surface area contributed by atoms with Crippen molar-refractivity contribution in [2.75, 3.05) is 5.73 Å². The Hall–Kier alpha value is -3.36. The van der Waals surface area contributed by atoms with Crippen molar-refractivity contribution in [2.24, 2.45) is 7.05 Å². The monoisotopic (exact) mass is 293 g/mol. The fraction of sp³-hybridized carbons (Fsp3) is 0.0769. The van der Waals surface area contributed by atoms with Crippen LogP contribution in [0.3, 0.4) is 0 Å². The third-order valence-corrected chi connectivity index (χ3v) is 3.27. The number of rotatable bonds is 2. The first-order chi connectivity index (χ1) is 10.7. The maximum atomic E-state index is 5.95. The summed E-state index contributed by atoms with van der Waals surface area (Å²) in [6, 6.07) is 5.56. The van der Waals surface area contributed by atoms with Crippen molar-refractivity contribution in [3.63, 3.8) is 0 Å². The van der Waals surface area contributed by atoms with Crippen molar-refractivity contribution in [2.45, 2.75) is 0 Å². The smallest absolute Gasteiger partial charge is 0.163 e. The summed E-state index contributed by atoms with van der Waals surface area (Å²) >= 11 is 0. The summed E-state index contributed by atoms with van der Waals surface area (Å²) in [6.07, 6.45) is 4.85. The number of hydrogen-bond acceptors (Lipinski definition) is 7. The summed E-state index contributed by atoms with van der Waals surface area (Å²) in [5.74, 6) is 1.03. The molecule has 0 saturated heterocycles. The van der Waals surface area contributed by atoms with Gasteiger partial charge in [0.05, 0.1) is 11.6 Å². The molecule has 0 aliphatic carbocycles. The molecule has 4 heterocycles. The summed E-state index contributed by atoms with van der Waals surface area (Å²) in [5.41, 5.74) is 7.78. The summed E-state index contributed by atoms with van der Waals surface area (Å²) in [6.45, 7) is 0. The predicted octanol–water partition coefficient (Wildman–Crippen LogP) is 0.588. The Bertz CT molecular complexity index is 954. The summed E-state index contributed by atoms with van der Waals surface area (Å²) < 4.78 is 3.22. The van der Waals surface area contributed by atoms with Crippen LogP contribution >= 0.6 is 0 Å². The van der Waals surface area contributed by atoms with Gasteiger partial charge in [-0.05, 0) is 12.1 Å². The van der Waals surface area contributed by atoms with E-state index in [9.17, 15) is 0 Å². The van der Waals surface area contributed by atoms with Crippen molar-refractivity contribution < 1.29 is 0 Å². The average Bonchev–Trinajstić information content (AvgIpc) is 3.14. The molecule has 0 atom stereocenters. The lowest BCUT2D eigenvalue weighted by atomic mass is 10.2. The third kappa shape index (κ3) is 1.79. The van der Waals surface area contributed by atoms with Crippen molar-refractivity contribution in [1.29, 1.82) is 0 Å². The molecule has 0 radical (unpaired) electrons. The largest absolute Gasteiger partial charge is 0.383 e. The van der Waals surface area contributed by atoms with Crippen molar-refractivity contribution in [1.82, 2.24) is 39.7 Å². The molecule has 0 amide bonds. The standard InChI is InChI=1S/C13H11N9/c1-21-13-10(12(14)16-7-17-13)11(19-21)8-6-22(20-18-8)9-4-2-3-5-15-9/h2-7H,1H3,(H2,14,16,17). The minimum atomic E-state index is 0.362. The number of fused-ring (bicyclic) bond motifs is 1. The fourth-order valence-corrected chi connectivity index (χ4v) is 2.26. The molecule has 0 spiro atoms. The van der Waals surface area contributed by atoms with Crippen LogP contribution in [0.25, 0.3) is 28.2 Å². The van der Waals surface area contributed by atoms with E-state index in [0.717, 1.165) is 0 Å². The second-order valence-corrected chi connectivity index (χ2v) is 4.67. The highest BCUT2D eigenvalue weighted by Crippen LogP contribution is 2.28. The number of aromatic nitrogens is 8. The van der Waals surface area contributed by atoms with Gasteiger partial charge in [-0.2, -0.15) is 5.10 Å². The summed E-state index contributed by atoms with van der Waals surface area (Å²) in [7, 11) is 1.79. The maximum Gasteiger partial charge on any atom is 0.163 e. The molecule has 9 heteroatoms. The Kier molecular flexibility index (Phi) is 2.58. The summed E-state index contributed by atoms with van der Waals surface area (Å²) in [5, 5.41) is 13.3. The van der Waals surface area contributed by atoms with Crippen molar-refractivity contribution in [3.8, 4) is 17.2 Å². The van der Waals surface area contributed by atoms with Gasteiger partial charge >= 0.3 is 0 Å². The number of nitrogens with two attached hydrogens (primary N) is 1. The lowest BCUT2D eigenvalue weighted by Crippen LogP contribution is -1.96. The molecule has 2 N–H and O–H groups in total. The van der Waals surface area contributed by atoms with E-state index < -0.39 is 0 Å². The topological polar surface area (TPSA) is 113 Å². The van der Waals surface area contributed by atoms with Gasteiger partial charge in [0, 0.05) is 13.2 Å². The molecule has 0 aliphatic heterocycles. The number of nitrogen functional groups attached to an aromatic ring is 1. The van der Waals surface area contributed by atoms with Crippen LogP contribution in [0.4, 0.5) is 5.82 Å². The highest BCUT2D eigenvalue weighted by Gasteiger charge is 2.18. The number of hydrogen-bond donors (Lipinski definition) is 1. The van der Waals surface area contributed by atoms with Gasteiger partial charge in [0.15, 0.2) is 11.5 Å². The van der Waals surface area contributed by atoms with Gasteiger partial charge in [-0.15, -0.1) is 5.10 Å². The first-order valence-electron chi connectivity index (χ1n) is 6.51. The number of aryl methyl sites for hydroxylation is 1. The van der Waals surface area contributed by atoms with Crippen LogP contribution in [-0.4, -0.2) is 39.7 Å². The van der Waals surface area contributed by atoms with E-state index in [0.29, 0.717) is 34.1 Å². The molecule has 9 nitrogen and oxygen atoms in total. The quantitative estimate of drug-likeness (QED) is 0.575. The second kappa shape index (κ2) is 4.58. The Morgan fingerprint density at radius 3 is 2.86 bits per heavy atom. The minimum Gasteiger partial charge on any atom is -0.383 e.